The number of hydrogen-bond donors (Lipinski definition) is 1. The first-order chi connectivity index (χ1) is 6.98. The van der Waals surface area contributed by atoms with Crippen molar-refractivity contribution in [3.63, 3.8) is 0 Å². The standard InChI is InChI=1S/C12H26O3/c1-11(13)10-12(2,3)6-5-7-15-9-8-14-4/h11,13H,5-10H2,1-4H3. The number of aliphatic hydroxyl groups excluding tert-OH is 1. The molecule has 1 N–H and O–H groups in total. The van der Waals surface area contributed by atoms with Crippen molar-refractivity contribution < 1.29 is 14.6 Å². The maximum Gasteiger partial charge on any atom is 0.0700 e. The van der Waals surface area contributed by atoms with Crippen molar-refractivity contribution in [3.05, 3.63) is 0 Å². The van der Waals surface area contributed by atoms with Crippen LogP contribution in [0.5, 0.6) is 0 Å². The van der Waals surface area contributed by atoms with Crippen LogP contribution >= 0.6 is 0 Å². The molecule has 1 unspecified atom stereocenters. The molecular formula is C12H26O3. The summed E-state index contributed by atoms with van der Waals surface area (Å²) in [6, 6.07) is 0. The number of rotatable bonds is 9. The molecule has 0 saturated heterocycles. The zero-order valence-electron chi connectivity index (χ0n) is 10.6. The minimum Gasteiger partial charge on any atom is -0.393 e. The Labute approximate surface area is 93.8 Å². The van der Waals surface area contributed by atoms with E-state index in [0.29, 0.717) is 13.2 Å². The van der Waals surface area contributed by atoms with Gasteiger partial charge in [0.1, 0.15) is 0 Å². The van der Waals surface area contributed by atoms with E-state index in [1.165, 1.54) is 0 Å². The quantitative estimate of drug-likeness (QED) is 0.603. The van der Waals surface area contributed by atoms with Gasteiger partial charge < -0.3 is 14.6 Å². The monoisotopic (exact) mass is 218 g/mol. The molecule has 0 saturated carbocycles. The Morgan fingerprint density at radius 3 is 2.40 bits per heavy atom. The van der Waals surface area contributed by atoms with Gasteiger partial charge in [-0.2, -0.15) is 0 Å². The SMILES string of the molecule is COCCOCCCC(C)(C)CC(C)O. The van der Waals surface area contributed by atoms with Gasteiger partial charge in [0, 0.05) is 13.7 Å². The Kier molecular flexibility index (Phi) is 8.02. The number of methoxy groups -OCH3 is 1. The predicted octanol–water partition coefficient (Wildman–Crippen LogP) is 2.23. The van der Waals surface area contributed by atoms with E-state index in [1.54, 1.807) is 7.11 Å². The molecule has 0 aliphatic rings. The van der Waals surface area contributed by atoms with Crippen molar-refractivity contribution >= 4 is 0 Å². The van der Waals surface area contributed by atoms with Gasteiger partial charge in [0.15, 0.2) is 0 Å². The van der Waals surface area contributed by atoms with Crippen LogP contribution in [0.4, 0.5) is 0 Å². The molecule has 3 heteroatoms. The highest BCUT2D eigenvalue weighted by atomic mass is 16.5. The average Bonchev–Trinajstić information content (AvgIpc) is 2.08. The number of ether oxygens (including phenoxy) is 2. The Morgan fingerprint density at radius 2 is 1.87 bits per heavy atom. The average molecular weight is 218 g/mol. The van der Waals surface area contributed by atoms with Crippen molar-refractivity contribution in [2.45, 2.75) is 46.1 Å². The van der Waals surface area contributed by atoms with Crippen LogP contribution in [0, 0.1) is 5.41 Å². The van der Waals surface area contributed by atoms with Crippen LogP contribution in [0.25, 0.3) is 0 Å². The van der Waals surface area contributed by atoms with Gasteiger partial charge in [0.25, 0.3) is 0 Å². The minimum absolute atomic E-state index is 0.207. The van der Waals surface area contributed by atoms with Crippen LogP contribution in [0.3, 0.4) is 0 Å². The fourth-order valence-electron chi connectivity index (χ4n) is 1.80. The normalized spacial score (nSPS) is 14.2. The molecule has 0 aromatic carbocycles. The van der Waals surface area contributed by atoms with E-state index in [9.17, 15) is 5.11 Å². The molecule has 0 aromatic heterocycles. The summed E-state index contributed by atoms with van der Waals surface area (Å²) in [5.74, 6) is 0. The summed E-state index contributed by atoms with van der Waals surface area (Å²) in [6.45, 7) is 8.34. The largest absolute Gasteiger partial charge is 0.393 e. The first-order valence-electron chi connectivity index (χ1n) is 5.73. The van der Waals surface area contributed by atoms with Crippen LogP contribution in [0.2, 0.25) is 0 Å². The fourth-order valence-corrected chi connectivity index (χ4v) is 1.80. The van der Waals surface area contributed by atoms with Gasteiger partial charge in [-0.3, -0.25) is 0 Å². The molecule has 0 heterocycles. The van der Waals surface area contributed by atoms with Gasteiger partial charge in [-0.1, -0.05) is 13.8 Å². The summed E-state index contributed by atoms with van der Waals surface area (Å²) >= 11 is 0. The summed E-state index contributed by atoms with van der Waals surface area (Å²) in [7, 11) is 1.68. The molecule has 0 rings (SSSR count). The Bertz CT molecular complexity index is 144. The highest BCUT2D eigenvalue weighted by Crippen LogP contribution is 2.28. The third-order valence-electron chi connectivity index (χ3n) is 2.42. The summed E-state index contributed by atoms with van der Waals surface area (Å²) < 4.78 is 10.3. The van der Waals surface area contributed by atoms with Gasteiger partial charge in [0.2, 0.25) is 0 Å². The molecule has 92 valence electrons. The second-order valence-electron chi connectivity index (χ2n) is 4.93. The zero-order valence-corrected chi connectivity index (χ0v) is 10.6. The molecule has 0 bridgehead atoms. The van der Waals surface area contributed by atoms with E-state index in [-0.39, 0.29) is 11.5 Å². The lowest BCUT2D eigenvalue weighted by Crippen LogP contribution is -2.19. The summed E-state index contributed by atoms with van der Waals surface area (Å²) in [5, 5.41) is 9.31. The maximum absolute atomic E-state index is 9.31. The van der Waals surface area contributed by atoms with E-state index in [1.807, 2.05) is 6.92 Å². The Morgan fingerprint density at radius 1 is 1.20 bits per heavy atom. The second kappa shape index (κ2) is 8.08. The molecule has 0 fully saturated rings. The Hall–Kier alpha value is -0.120. The van der Waals surface area contributed by atoms with E-state index in [0.717, 1.165) is 25.9 Å². The number of aliphatic hydroxyl groups is 1. The van der Waals surface area contributed by atoms with Gasteiger partial charge >= 0.3 is 0 Å². The van der Waals surface area contributed by atoms with Crippen LogP contribution in [-0.2, 0) is 9.47 Å². The lowest BCUT2D eigenvalue weighted by atomic mass is 9.83. The van der Waals surface area contributed by atoms with Gasteiger partial charge in [-0.05, 0) is 31.6 Å². The smallest absolute Gasteiger partial charge is 0.0700 e. The summed E-state index contributed by atoms with van der Waals surface area (Å²) in [6.07, 6.45) is 2.77. The van der Waals surface area contributed by atoms with Gasteiger partial charge in [-0.25, -0.2) is 0 Å². The summed E-state index contributed by atoms with van der Waals surface area (Å²) in [4.78, 5) is 0. The van der Waals surface area contributed by atoms with E-state index < -0.39 is 0 Å². The molecule has 1 atom stereocenters. The molecule has 0 radical (unpaired) electrons. The third-order valence-corrected chi connectivity index (χ3v) is 2.42. The fraction of sp³-hybridized carbons (Fsp3) is 1.00. The highest BCUT2D eigenvalue weighted by molar-refractivity contribution is 4.70. The van der Waals surface area contributed by atoms with Crippen molar-refractivity contribution in [1.29, 1.82) is 0 Å². The molecule has 0 aromatic rings. The zero-order chi connectivity index (χ0) is 11.7. The molecule has 15 heavy (non-hydrogen) atoms. The molecule has 0 aliphatic carbocycles. The molecule has 0 aliphatic heterocycles. The van der Waals surface area contributed by atoms with Gasteiger partial charge in [-0.15, -0.1) is 0 Å². The van der Waals surface area contributed by atoms with Crippen molar-refractivity contribution in [2.75, 3.05) is 26.9 Å². The van der Waals surface area contributed by atoms with Crippen LogP contribution < -0.4 is 0 Å². The molecule has 0 amide bonds. The molecule has 0 spiro atoms. The van der Waals surface area contributed by atoms with E-state index >= 15 is 0 Å². The second-order valence-corrected chi connectivity index (χ2v) is 4.93. The van der Waals surface area contributed by atoms with Crippen molar-refractivity contribution in [1.82, 2.24) is 0 Å². The van der Waals surface area contributed by atoms with Crippen LogP contribution in [-0.4, -0.2) is 38.1 Å². The van der Waals surface area contributed by atoms with Crippen LogP contribution in [0.15, 0.2) is 0 Å². The van der Waals surface area contributed by atoms with Crippen molar-refractivity contribution in [2.24, 2.45) is 5.41 Å². The first-order valence-corrected chi connectivity index (χ1v) is 5.73. The van der Waals surface area contributed by atoms with E-state index in [2.05, 4.69) is 13.8 Å². The van der Waals surface area contributed by atoms with Crippen LogP contribution in [0.1, 0.15) is 40.0 Å². The molecule has 3 nitrogen and oxygen atoms in total. The number of hydrogen-bond acceptors (Lipinski definition) is 3. The lowest BCUT2D eigenvalue weighted by molar-refractivity contribution is 0.0606. The predicted molar refractivity (Wildman–Crippen MR) is 62.0 cm³/mol. The summed E-state index contributed by atoms with van der Waals surface area (Å²) in [5.41, 5.74) is 0.207. The Balaban J connectivity index is 3.40. The molecular weight excluding hydrogens is 192 g/mol. The topological polar surface area (TPSA) is 38.7 Å². The van der Waals surface area contributed by atoms with E-state index in [4.69, 9.17) is 9.47 Å². The first kappa shape index (κ1) is 14.9. The highest BCUT2D eigenvalue weighted by Gasteiger charge is 2.19. The third kappa shape index (κ3) is 10.2. The minimum atomic E-state index is -0.214. The van der Waals surface area contributed by atoms with Crippen molar-refractivity contribution in [3.8, 4) is 0 Å². The maximum atomic E-state index is 9.31. The van der Waals surface area contributed by atoms with Gasteiger partial charge in [0.05, 0.1) is 19.3 Å². The lowest BCUT2D eigenvalue weighted by Gasteiger charge is -2.25.